The van der Waals surface area contributed by atoms with E-state index in [4.69, 9.17) is 25.5 Å². The van der Waals surface area contributed by atoms with Gasteiger partial charge in [-0.3, -0.25) is 19.3 Å². The first-order valence-corrected chi connectivity index (χ1v) is 18.2. The average Bonchev–Trinajstić information content (AvgIpc) is 3.10. The number of carboxylic acid groups (broad SMARTS) is 3. The summed E-state index contributed by atoms with van der Waals surface area (Å²) in [5.41, 5.74) is 0.750. The minimum absolute atomic E-state index is 0.000328. The molecule has 0 saturated heterocycles. The molecule has 18 heteroatoms. The van der Waals surface area contributed by atoms with Gasteiger partial charge in [0.15, 0.2) is 4.98 Å². The lowest BCUT2D eigenvalue weighted by Gasteiger charge is -2.25. The van der Waals surface area contributed by atoms with Crippen LogP contribution in [0.15, 0.2) is 48.6 Å². The highest BCUT2D eigenvalue weighted by Crippen LogP contribution is 2.23. The van der Waals surface area contributed by atoms with Gasteiger partial charge >= 0.3 is 29.8 Å². The van der Waals surface area contributed by atoms with Crippen LogP contribution in [0.25, 0.3) is 4.98 Å². The zero-order valence-corrected chi connectivity index (χ0v) is 30.7. The highest BCUT2D eigenvalue weighted by molar-refractivity contribution is 8.00. The molecule has 3 amide bonds. The second-order valence-corrected chi connectivity index (χ2v) is 13.0. The second-order valence-electron chi connectivity index (χ2n) is 11.8. The number of aliphatic carboxylic acids is 3. The number of carboxylic acids is 3. The first kappa shape index (κ1) is 48.4. The lowest BCUT2D eigenvalue weighted by Crippen LogP contribution is -2.52. The van der Waals surface area contributed by atoms with Crippen molar-refractivity contribution >= 4 is 53.0 Å². The Morgan fingerprint density at radius 1 is 0.962 bits per heavy atom. The maximum absolute atomic E-state index is 13.0. The SMILES string of the molecule is CCCCCCCCCC/C=C/C=C\[C@@H](SC[C@H](NC(=O)N(C)c1ccc([N+]#N)cc1)C(=O)NCC(=O)O)[C@@H](O)CCCC(=O)O.O=C([O-])C(F)(F)F. The maximum atomic E-state index is 13.0. The number of benzene rings is 1. The van der Waals surface area contributed by atoms with Crippen molar-refractivity contribution in [2.45, 2.75) is 108 Å². The van der Waals surface area contributed by atoms with Gasteiger partial charge in [-0.15, -0.1) is 11.8 Å². The fourth-order valence-corrected chi connectivity index (χ4v) is 5.66. The van der Waals surface area contributed by atoms with E-state index in [1.807, 2.05) is 12.2 Å². The van der Waals surface area contributed by atoms with E-state index < -0.39 is 60.0 Å². The maximum Gasteiger partial charge on any atom is 0.430 e. The topological polar surface area (TPSA) is 225 Å². The number of carbonyl (C=O) groups excluding carboxylic acids is 3. The number of aliphatic hydroxyl groups is 1. The van der Waals surface area contributed by atoms with E-state index >= 15 is 0 Å². The summed E-state index contributed by atoms with van der Waals surface area (Å²) in [5.74, 6) is -5.92. The number of halogens is 3. The van der Waals surface area contributed by atoms with Crippen molar-refractivity contribution < 1.29 is 57.6 Å². The normalized spacial score (nSPS) is 12.9. The molecule has 14 nitrogen and oxygen atoms in total. The van der Waals surface area contributed by atoms with Crippen molar-refractivity contribution in [2.75, 3.05) is 24.2 Å². The zero-order chi connectivity index (χ0) is 40.2. The number of alkyl halides is 3. The third kappa shape index (κ3) is 24.3. The van der Waals surface area contributed by atoms with E-state index in [1.54, 1.807) is 18.2 Å². The van der Waals surface area contributed by atoms with Gasteiger partial charge in [0.1, 0.15) is 18.6 Å². The van der Waals surface area contributed by atoms with Crippen molar-refractivity contribution in [1.82, 2.24) is 10.6 Å². The van der Waals surface area contributed by atoms with Gasteiger partial charge in [0.25, 0.3) is 0 Å². The summed E-state index contributed by atoms with van der Waals surface area (Å²) in [6.07, 6.45) is 12.7. The third-order valence-corrected chi connectivity index (χ3v) is 8.80. The van der Waals surface area contributed by atoms with Crippen LogP contribution in [0.5, 0.6) is 0 Å². The number of rotatable bonds is 24. The molecule has 1 rings (SSSR count). The Morgan fingerprint density at radius 2 is 1.55 bits per heavy atom. The van der Waals surface area contributed by atoms with E-state index in [9.17, 15) is 37.5 Å². The number of thioether (sulfide) groups is 1. The molecule has 0 aliphatic carbocycles. The molecule has 0 aliphatic rings. The molecule has 0 spiro atoms. The minimum Gasteiger partial charge on any atom is -0.542 e. The summed E-state index contributed by atoms with van der Waals surface area (Å²) < 4.78 is 31.5. The van der Waals surface area contributed by atoms with Crippen LogP contribution in [0.4, 0.5) is 29.3 Å². The molecule has 53 heavy (non-hydrogen) atoms. The number of unbranched alkanes of at least 4 members (excludes halogenated alkanes) is 8. The van der Waals surface area contributed by atoms with Crippen molar-refractivity contribution in [3.63, 3.8) is 0 Å². The van der Waals surface area contributed by atoms with Crippen LogP contribution in [0.2, 0.25) is 0 Å². The standard InChI is InChI=1S/C33H49N5O7S.C2HF3O2/c1-3-4-5-6-7-8-9-10-11-12-13-14-17-29(28(39)16-15-18-30(40)41)46-24-27(32(44)35-23-31(42)43)36-33(45)38(2)26-21-19-25(37-34)20-22-26;3-2(4,5)1(6)7/h12-14,17,19-22,27-29,39H,3-11,15-16,18,23-24H2,1-2H3,(H3-,35,36,40,41,42,43,44,45);(H,6,7)/b13-12+,17-14-;/t27-,28-,29+;/m0./s1. The number of amides is 3. The van der Waals surface area contributed by atoms with Crippen LogP contribution in [-0.2, 0) is 19.2 Å². The van der Waals surface area contributed by atoms with Gasteiger partial charge in [-0.05, 0) is 37.8 Å². The van der Waals surface area contributed by atoms with Gasteiger partial charge in [0.2, 0.25) is 11.3 Å². The molecule has 0 aliphatic heterocycles. The van der Waals surface area contributed by atoms with Crippen LogP contribution in [0, 0.1) is 5.39 Å². The Balaban J connectivity index is 0.00000348. The van der Waals surface area contributed by atoms with Gasteiger partial charge < -0.3 is 35.9 Å². The first-order chi connectivity index (χ1) is 25.0. The first-order valence-electron chi connectivity index (χ1n) is 17.1. The van der Waals surface area contributed by atoms with E-state index in [-0.39, 0.29) is 25.0 Å². The summed E-state index contributed by atoms with van der Waals surface area (Å²) in [6.45, 7) is 1.57. The molecule has 0 bridgehead atoms. The molecule has 0 aromatic heterocycles. The van der Waals surface area contributed by atoms with Crippen LogP contribution < -0.4 is 20.6 Å². The molecule has 3 atom stereocenters. The number of carbonyl (C=O) groups is 5. The van der Waals surface area contributed by atoms with Gasteiger partial charge in [0, 0.05) is 42.3 Å². The Labute approximate surface area is 311 Å². The molecule has 296 valence electrons. The molecule has 0 radical (unpaired) electrons. The number of hydrogen-bond donors (Lipinski definition) is 5. The number of nitrogens with one attached hydrogen (secondary N) is 2. The highest BCUT2D eigenvalue weighted by atomic mass is 32.2. The molecule has 0 fully saturated rings. The number of nitrogens with zero attached hydrogens (tertiary/aromatic N) is 3. The molecule has 0 heterocycles. The van der Waals surface area contributed by atoms with E-state index in [0.29, 0.717) is 11.4 Å². The molecular formula is C35H50F3N5O9S. The number of hydrogen-bond acceptors (Lipinski definition) is 9. The van der Waals surface area contributed by atoms with Crippen LogP contribution in [0.3, 0.4) is 0 Å². The summed E-state index contributed by atoms with van der Waals surface area (Å²) in [4.78, 5) is 61.1. The quantitative estimate of drug-likeness (QED) is 0.0498. The second kappa shape index (κ2) is 27.9. The average molecular weight is 774 g/mol. The van der Waals surface area contributed by atoms with Crippen LogP contribution in [-0.4, -0.2) is 88.1 Å². The van der Waals surface area contributed by atoms with Crippen molar-refractivity contribution in [3.05, 3.63) is 53.5 Å². The fraction of sp³-hybridized carbons (Fsp3) is 0.571. The highest BCUT2D eigenvalue weighted by Gasteiger charge is 2.29. The van der Waals surface area contributed by atoms with Gasteiger partial charge in [0.05, 0.1) is 6.10 Å². The number of aliphatic hydroxyl groups excluding tert-OH is 1. The molecule has 1 aromatic rings. The van der Waals surface area contributed by atoms with Gasteiger partial charge in [-0.25, -0.2) is 4.79 Å². The monoisotopic (exact) mass is 773 g/mol. The molecule has 5 N–H and O–H groups in total. The molecule has 0 saturated carbocycles. The van der Waals surface area contributed by atoms with Crippen LogP contribution >= 0.6 is 11.8 Å². The lowest BCUT2D eigenvalue weighted by molar-refractivity contribution is -0.344. The van der Waals surface area contributed by atoms with E-state index in [1.165, 1.54) is 80.8 Å². The van der Waals surface area contributed by atoms with E-state index in [2.05, 4.69) is 28.6 Å². The summed E-state index contributed by atoms with van der Waals surface area (Å²) in [5, 5.41) is 51.0. The van der Waals surface area contributed by atoms with E-state index in [0.717, 1.165) is 12.8 Å². The summed E-state index contributed by atoms with van der Waals surface area (Å²) in [7, 11) is 1.48. The largest absolute Gasteiger partial charge is 0.542 e. The van der Waals surface area contributed by atoms with Crippen molar-refractivity contribution in [1.29, 1.82) is 5.39 Å². The number of diazo groups is 1. The number of urea groups is 1. The molecule has 0 unspecified atom stereocenters. The number of allylic oxidation sites excluding steroid dienone is 3. The van der Waals surface area contributed by atoms with Crippen molar-refractivity contribution in [3.8, 4) is 0 Å². The minimum atomic E-state index is -5.19. The van der Waals surface area contributed by atoms with Gasteiger partial charge in [-0.2, -0.15) is 13.2 Å². The summed E-state index contributed by atoms with van der Waals surface area (Å²) in [6, 6.07) is 4.32. The zero-order valence-electron chi connectivity index (χ0n) is 29.9. The van der Waals surface area contributed by atoms with Gasteiger partial charge in [-0.1, -0.05) is 76.2 Å². The lowest BCUT2D eigenvalue weighted by atomic mass is 10.1. The Kier molecular flexibility index (Phi) is 25.5. The molecular weight excluding hydrogens is 723 g/mol. The Morgan fingerprint density at radius 3 is 2.08 bits per heavy atom. The van der Waals surface area contributed by atoms with Crippen LogP contribution in [0.1, 0.15) is 84.0 Å². The number of anilines is 1. The summed E-state index contributed by atoms with van der Waals surface area (Å²) >= 11 is 1.20. The Bertz CT molecular complexity index is 1370. The fourth-order valence-electron chi connectivity index (χ4n) is 4.45. The van der Waals surface area contributed by atoms with Crippen molar-refractivity contribution in [2.24, 2.45) is 0 Å². The molecule has 1 aromatic carbocycles. The predicted molar refractivity (Wildman–Crippen MR) is 193 cm³/mol. The Hall–Kier alpha value is -4.63. The predicted octanol–water partition coefficient (Wildman–Crippen LogP) is 5.55. The third-order valence-electron chi connectivity index (χ3n) is 7.41. The smallest absolute Gasteiger partial charge is 0.430 e.